The van der Waals surface area contributed by atoms with E-state index in [4.69, 9.17) is 4.74 Å². The molecule has 0 aliphatic rings. The van der Waals surface area contributed by atoms with Crippen molar-refractivity contribution in [2.24, 2.45) is 0 Å². The van der Waals surface area contributed by atoms with Gasteiger partial charge in [-0.25, -0.2) is 0 Å². The highest BCUT2D eigenvalue weighted by Gasteiger charge is 2.15. The van der Waals surface area contributed by atoms with Gasteiger partial charge in [-0.05, 0) is 79.7 Å². The van der Waals surface area contributed by atoms with Crippen molar-refractivity contribution in [2.75, 3.05) is 28.6 Å². The number of hydrogen-bond acceptors (Lipinski definition) is 4. The van der Waals surface area contributed by atoms with Gasteiger partial charge in [0.05, 0.1) is 6.54 Å². The Labute approximate surface area is 205 Å². The zero-order valence-electron chi connectivity index (χ0n) is 19.5. The summed E-state index contributed by atoms with van der Waals surface area (Å²) in [4.78, 5) is 27.0. The predicted molar refractivity (Wildman–Crippen MR) is 140 cm³/mol. The lowest BCUT2D eigenvalue weighted by Crippen LogP contribution is -2.30. The van der Waals surface area contributed by atoms with E-state index in [1.54, 1.807) is 53.4 Å². The van der Waals surface area contributed by atoms with E-state index in [0.717, 1.165) is 17.1 Å². The fourth-order valence-electron chi connectivity index (χ4n) is 3.56. The number of ether oxygens (including phenoxy) is 1. The Morgan fingerprint density at radius 2 is 1.29 bits per heavy atom. The molecule has 6 nitrogen and oxygen atoms in total. The number of para-hydroxylation sites is 2. The molecular weight excluding hydrogens is 438 g/mol. The molecule has 2 amide bonds. The number of carbonyl (C=O) groups is 2. The van der Waals surface area contributed by atoms with Gasteiger partial charge in [0, 0.05) is 29.2 Å². The molecule has 0 heterocycles. The van der Waals surface area contributed by atoms with E-state index in [9.17, 15) is 9.59 Å². The van der Waals surface area contributed by atoms with E-state index in [-0.39, 0.29) is 18.4 Å². The summed E-state index contributed by atoms with van der Waals surface area (Å²) >= 11 is 0. The van der Waals surface area contributed by atoms with Crippen molar-refractivity contribution in [1.82, 2.24) is 0 Å². The van der Waals surface area contributed by atoms with Gasteiger partial charge >= 0.3 is 0 Å². The van der Waals surface area contributed by atoms with Crippen LogP contribution in [0.15, 0.2) is 109 Å². The summed E-state index contributed by atoms with van der Waals surface area (Å²) in [7, 11) is 0. The van der Waals surface area contributed by atoms with Gasteiger partial charge in [-0.15, -0.1) is 0 Å². The van der Waals surface area contributed by atoms with Gasteiger partial charge in [-0.1, -0.05) is 36.4 Å². The molecule has 0 aromatic heterocycles. The normalized spacial score (nSPS) is 10.3. The summed E-state index contributed by atoms with van der Waals surface area (Å²) in [6, 6.07) is 33.4. The lowest BCUT2D eigenvalue weighted by atomic mass is 10.1. The van der Waals surface area contributed by atoms with Crippen LogP contribution in [0.5, 0.6) is 11.5 Å². The van der Waals surface area contributed by atoms with Crippen molar-refractivity contribution in [3.8, 4) is 11.5 Å². The Kier molecular flexibility index (Phi) is 7.76. The van der Waals surface area contributed by atoms with Crippen molar-refractivity contribution in [2.45, 2.75) is 6.92 Å². The summed E-state index contributed by atoms with van der Waals surface area (Å²) in [6.07, 6.45) is 0. The Balaban J connectivity index is 1.28. The standard InChI is InChI=1S/C29H27N3O3/c1-2-32(25-9-5-3-6-10-25)29(34)22-13-15-23(16-14-22)30-21-28(33)31-24-17-19-27(20-18-24)35-26-11-7-4-8-12-26/h3-20,30H,2,21H2,1H3,(H,31,33). The van der Waals surface area contributed by atoms with Gasteiger partial charge < -0.3 is 20.3 Å². The van der Waals surface area contributed by atoms with Gasteiger partial charge in [-0.3, -0.25) is 9.59 Å². The number of nitrogens with one attached hydrogen (secondary N) is 2. The second-order valence-electron chi connectivity index (χ2n) is 7.80. The molecule has 0 aliphatic carbocycles. The Hall–Kier alpha value is -4.58. The van der Waals surface area contributed by atoms with E-state index in [1.165, 1.54) is 0 Å². The first-order valence-corrected chi connectivity index (χ1v) is 11.5. The second kappa shape index (κ2) is 11.5. The molecule has 0 atom stereocenters. The second-order valence-corrected chi connectivity index (χ2v) is 7.80. The van der Waals surface area contributed by atoms with Crippen LogP contribution in [0, 0.1) is 0 Å². The molecule has 4 aromatic carbocycles. The molecule has 4 aromatic rings. The third kappa shape index (κ3) is 6.48. The quantitative estimate of drug-likeness (QED) is 0.309. The molecule has 0 saturated heterocycles. The summed E-state index contributed by atoms with van der Waals surface area (Å²) in [5, 5.41) is 5.94. The van der Waals surface area contributed by atoms with E-state index in [0.29, 0.717) is 23.5 Å². The molecule has 2 N–H and O–H groups in total. The number of hydrogen-bond donors (Lipinski definition) is 2. The van der Waals surface area contributed by atoms with Crippen molar-refractivity contribution >= 4 is 28.9 Å². The van der Waals surface area contributed by atoms with Gasteiger partial charge in [-0.2, -0.15) is 0 Å². The van der Waals surface area contributed by atoms with E-state index in [1.807, 2.05) is 67.6 Å². The van der Waals surface area contributed by atoms with Gasteiger partial charge in [0.25, 0.3) is 5.91 Å². The van der Waals surface area contributed by atoms with E-state index >= 15 is 0 Å². The summed E-state index contributed by atoms with van der Waals surface area (Å²) in [6.45, 7) is 2.62. The Morgan fingerprint density at radius 3 is 1.91 bits per heavy atom. The van der Waals surface area contributed by atoms with Crippen LogP contribution in [0.4, 0.5) is 17.1 Å². The minimum Gasteiger partial charge on any atom is -0.457 e. The summed E-state index contributed by atoms with van der Waals surface area (Å²) < 4.78 is 5.76. The maximum atomic E-state index is 12.9. The van der Waals surface area contributed by atoms with Gasteiger partial charge in [0.1, 0.15) is 11.5 Å². The largest absolute Gasteiger partial charge is 0.457 e. The first-order chi connectivity index (χ1) is 17.1. The molecule has 4 rings (SSSR count). The third-order valence-electron chi connectivity index (χ3n) is 5.33. The molecule has 0 aliphatic heterocycles. The molecule has 0 radical (unpaired) electrons. The molecule has 6 heteroatoms. The van der Waals surface area contributed by atoms with Crippen LogP contribution < -0.4 is 20.3 Å². The van der Waals surface area contributed by atoms with Crippen LogP contribution in [0.2, 0.25) is 0 Å². The topological polar surface area (TPSA) is 70.7 Å². The molecule has 35 heavy (non-hydrogen) atoms. The first kappa shape index (κ1) is 23.6. The Bertz CT molecular complexity index is 1240. The van der Waals surface area contributed by atoms with Gasteiger partial charge in [0.2, 0.25) is 5.91 Å². The number of amides is 2. The molecular formula is C29H27N3O3. The highest BCUT2D eigenvalue weighted by atomic mass is 16.5. The van der Waals surface area contributed by atoms with Crippen LogP contribution >= 0.6 is 0 Å². The minimum absolute atomic E-state index is 0.0670. The van der Waals surface area contributed by atoms with Crippen LogP contribution in [-0.4, -0.2) is 24.9 Å². The van der Waals surface area contributed by atoms with Gasteiger partial charge in [0.15, 0.2) is 0 Å². The van der Waals surface area contributed by atoms with Crippen molar-refractivity contribution < 1.29 is 14.3 Å². The van der Waals surface area contributed by atoms with Crippen molar-refractivity contribution in [3.05, 3.63) is 115 Å². The van der Waals surface area contributed by atoms with Crippen LogP contribution in [0.1, 0.15) is 17.3 Å². The minimum atomic E-state index is -0.178. The fourth-order valence-corrected chi connectivity index (χ4v) is 3.56. The molecule has 0 saturated carbocycles. The molecule has 0 fully saturated rings. The maximum Gasteiger partial charge on any atom is 0.258 e. The van der Waals surface area contributed by atoms with Crippen molar-refractivity contribution in [3.63, 3.8) is 0 Å². The summed E-state index contributed by atoms with van der Waals surface area (Å²) in [5.74, 6) is 1.20. The highest BCUT2D eigenvalue weighted by molar-refractivity contribution is 6.06. The lowest BCUT2D eigenvalue weighted by Gasteiger charge is -2.21. The Morgan fingerprint density at radius 1 is 0.714 bits per heavy atom. The average Bonchev–Trinajstić information content (AvgIpc) is 2.90. The monoisotopic (exact) mass is 465 g/mol. The maximum absolute atomic E-state index is 12.9. The first-order valence-electron chi connectivity index (χ1n) is 11.5. The van der Waals surface area contributed by atoms with Crippen LogP contribution in [0.3, 0.4) is 0 Å². The number of nitrogens with zero attached hydrogens (tertiary/aromatic N) is 1. The van der Waals surface area contributed by atoms with Crippen LogP contribution in [0.25, 0.3) is 0 Å². The predicted octanol–water partition coefficient (Wildman–Crippen LogP) is 6.20. The van der Waals surface area contributed by atoms with E-state index < -0.39 is 0 Å². The average molecular weight is 466 g/mol. The van der Waals surface area contributed by atoms with Crippen LogP contribution in [-0.2, 0) is 4.79 Å². The van der Waals surface area contributed by atoms with Crippen molar-refractivity contribution in [1.29, 1.82) is 0 Å². The number of carbonyl (C=O) groups excluding carboxylic acids is 2. The summed E-state index contributed by atoms with van der Waals surface area (Å²) in [5.41, 5.74) is 2.88. The fraction of sp³-hybridized carbons (Fsp3) is 0.103. The number of benzene rings is 4. The molecule has 0 unspecified atom stereocenters. The molecule has 0 bridgehead atoms. The molecule has 176 valence electrons. The lowest BCUT2D eigenvalue weighted by molar-refractivity contribution is -0.114. The zero-order valence-corrected chi connectivity index (χ0v) is 19.5. The zero-order chi connectivity index (χ0) is 24.5. The number of anilines is 3. The highest BCUT2D eigenvalue weighted by Crippen LogP contribution is 2.23. The molecule has 0 spiro atoms. The number of rotatable bonds is 9. The SMILES string of the molecule is CCN(C(=O)c1ccc(NCC(=O)Nc2ccc(Oc3ccccc3)cc2)cc1)c1ccccc1. The smallest absolute Gasteiger partial charge is 0.258 e. The third-order valence-corrected chi connectivity index (χ3v) is 5.33. The van der Waals surface area contributed by atoms with E-state index in [2.05, 4.69) is 10.6 Å².